The van der Waals surface area contributed by atoms with Gasteiger partial charge in [0.2, 0.25) is 11.8 Å². The summed E-state index contributed by atoms with van der Waals surface area (Å²) in [7, 11) is 1.59. The van der Waals surface area contributed by atoms with E-state index in [1.54, 1.807) is 31.3 Å². The molecule has 0 bridgehead atoms. The van der Waals surface area contributed by atoms with Gasteiger partial charge < -0.3 is 20.6 Å². The number of likely N-dealkylation sites (N-methyl/N-ethyl adjacent to an activating group) is 1. The Hall–Kier alpha value is -2.41. The molecular formula is C15H19N3O4. The molecule has 3 N–H and O–H groups in total. The van der Waals surface area contributed by atoms with Crippen LogP contribution in [0.15, 0.2) is 24.3 Å². The van der Waals surface area contributed by atoms with E-state index in [9.17, 15) is 14.4 Å². The van der Waals surface area contributed by atoms with Crippen LogP contribution in [0.4, 0.5) is 5.69 Å². The van der Waals surface area contributed by atoms with Crippen LogP contribution >= 0.6 is 0 Å². The molecule has 0 spiro atoms. The molecule has 118 valence electrons. The average molecular weight is 305 g/mol. The number of amides is 2. The molecule has 1 fully saturated rings. The fraction of sp³-hybridized carbons (Fsp3) is 0.400. The Morgan fingerprint density at radius 1 is 1.32 bits per heavy atom. The van der Waals surface area contributed by atoms with Crippen LogP contribution in [0.1, 0.15) is 24.4 Å². The van der Waals surface area contributed by atoms with Crippen LogP contribution in [0.2, 0.25) is 0 Å². The van der Waals surface area contributed by atoms with Crippen LogP contribution in [0.5, 0.6) is 0 Å². The van der Waals surface area contributed by atoms with Gasteiger partial charge in [0.15, 0.2) is 0 Å². The number of rotatable bonds is 5. The van der Waals surface area contributed by atoms with Gasteiger partial charge in [-0.1, -0.05) is 12.1 Å². The Balaban J connectivity index is 2.15. The van der Waals surface area contributed by atoms with Gasteiger partial charge in [0, 0.05) is 25.2 Å². The second-order valence-corrected chi connectivity index (χ2v) is 5.36. The van der Waals surface area contributed by atoms with Crippen molar-refractivity contribution in [2.75, 3.05) is 25.0 Å². The quantitative estimate of drug-likeness (QED) is 0.817. The molecular weight excluding hydrogens is 286 g/mol. The number of hydrogen-bond donors (Lipinski definition) is 2. The first-order valence-electron chi connectivity index (χ1n) is 7.00. The number of aliphatic carboxylic acids is 1. The normalized spacial score (nSPS) is 16.8. The Morgan fingerprint density at radius 3 is 2.73 bits per heavy atom. The third-order valence-corrected chi connectivity index (χ3v) is 3.67. The number of carboxylic acid groups (broad SMARTS) is 1. The van der Waals surface area contributed by atoms with Crippen molar-refractivity contribution in [2.45, 2.75) is 18.9 Å². The zero-order valence-corrected chi connectivity index (χ0v) is 12.4. The summed E-state index contributed by atoms with van der Waals surface area (Å²) in [5.74, 6) is -1.18. The van der Waals surface area contributed by atoms with Gasteiger partial charge in [0.1, 0.15) is 6.54 Å². The van der Waals surface area contributed by atoms with Gasteiger partial charge in [-0.2, -0.15) is 0 Å². The number of piperazine rings is 1. The lowest BCUT2D eigenvalue weighted by Crippen LogP contribution is -2.52. The first-order chi connectivity index (χ1) is 10.4. The van der Waals surface area contributed by atoms with E-state index in [1.807, 2.05) is 0 Å². The van der Waals surface area contributed by atoms with Gasteiger partial charge in [0.05, 0.1) is 6.54 Å². The maximum absolute atomic E-state index is 12.1. The van der Waals surface area contributed by atoms with E-state index in [4.69, 9.17) is 10.8 Å². The van der Waals surface area contributed by atoms with Crippen molar-refractivity contribution in [3.8, 4) is 0 Å². The van der Waals surface area contributed by atoms with Gasteiger partial charge >= 0.3 is 5.97 Å². The summed E-state index contributed by atoms with van der Waals surface area (Å²) in [6.07, 6.45) is 0.297. The third-order valence-electron chi connectivity index (χ3n) is 3.67. The Labute approximate surface area is 128 Å². The predicted octanol–water partition coefficient (Wildman–Crippen LogP) is 0.356. The average Bonchev–Trinajstić information content (AvgIpc) is 2.48. The molecule has 1 aromatic rings. The minimum atomic E-state index is -0.897. The van der Waals surface area contributed by atoms with Gasteiger partial charge in [0.25, 0.3) is 0 Å². The van der Waals surface area contributed by atoms with Crippen molar-refractivity contribution in [3.63, 3.8) is 0 Å². The number of anilines is 1. The SMILES string of the molecule is CN1CC(=O)N(c2cccc(C(N)CCC(=O)O)c2)CC1=O. The lowest BCUT2D eigenvalue weighted by molar-refractivity contribution is -0.137. The van der Waals surface area contributed by atoms with Crippen molar-refractivity contribution in [3.05, 3.63) is 29.8 Å². The van der Waals surface area contributed by atoms with Gasteiger partial charge in [-0.15, -0.1) is 0 Å². The zero-order chi connectivity index (χ0) is 16.3. The summed E-state index contributed by atoms with van der Waals surface area (Å²) in [5, 5.41) is 8.71. The van der Waals surface area contributed by atoms with E-state index in [0.29, 0.717) is 12.1 Å². The van der Waals surface area contributed by atoms with Crippen LogP contribution in [0, 0.1) is 0 Å². The maximum Gasteiger partial charge on any atom is 0.303 e. The van der Waals surface area contributed by atoms with Crippen LogP contribution < -0.4 is 10.6 Å². The third kappa shape index (κ3) is 3.62. The number of benzene rings is 1. The summed E-state index contributed by atoms with van der Waals surface area (Å²) in [4.78, 5) is 37.3. The summed E-state index contributed by atoms with van der Waals surface area (Å²) < 4.78 is 0. The first kappa shape index (κ1) is 16.0. The standard InChI is InChI=1S/C15H19N3O4/c1-17-8-14(20)18(9-13(17)19)11-4-2-3-10(7-11)12(16)5-6-15(21)22/h2-4,7,12H,5-6,8-9,16H2,1H3,(H,21,22). The molecule has 1 aromatic carbocycles. The van der Waals surface area contributed by atoms with Crippen molar-refractivity contribution in [1.29, 1.82) is 0 Å². The zero-order valence-electron chi connectivity index (χ0n) is 12.4. The number of nitrogens with two attached hydrogens (primary N) is 1. The number of carbonyl (C=O) groups excluding carboxylic acids is 2. The van der Waals surface area contributed by atoms with Crippen LogP contribution in [-0.2, 0) is 14.4 Å². The van der Waals surface area contributed by atoms with Crippen molar-refractivity contribution in [2.24, 2.45) is 5.73 Å². The summed E-state index contributed by atoms with van der Waals surface area (Å²) in [5.41, 5.74) is 7.34. The van der Waals surface area contributed by atoms with Gasteiger partial charge in [-0.05, 0) is 24.1 Å². The Morgan fingerprint density at radius 2 is 2.05 bits per heavy atom. The molecule has 1 aliphatic heterocycles. The molecule has 1 aliphatic rings. The minimum absolute atomic E-state index is 0.00313. The molecule has 1 heterocycles. The second kappa shape index (κ2) is 6.57. The fourth-order valence-electron chi connectivity index (χ4n) is 2.32. The van der Waals surface area contributed by atoms with Crippen molar-refractivity contribution < 1.29 is 19.5 Å². The largest absolute Gasteiger partial charge is 0.481 e. The molecule has 0 radical (unpaired) electrons. The van der Waals surface area contributed by atoms with Crippen molar-refractivity contribution >= 4 is 23.5 Å². The fourth-order valence-corrected chi connectivity index (χ4v) is 2.32. The van der Waals surface area contributed by atoms with Gasteiger partial charge in [-0.25, -0.2) is 0 Å². The van der Waals surface area contributed by atoms with E-state index in [1.165, 1.54) is 9.80 Å². The van der Waals surface area contributed by atoms with Crippen LogP contribution in [0.25, 0.3) is 0 Å². The lowest BCUT2D eigenvalue weighted by atomic mass is 10.0. The monoisotopic (exact) mass is 305 g/mol. The predicted molar refractivity (Wildman–Crippen MR) is 80.2 cm³/mol. The molecule has 1 saturated heterocycles. The van der Waals surface area contributed by atoms with E-state index in [0.717, 1.165) is 5.56 Å². The highest BCUT2D eigenvalue weighted by Gasteiger charge is 2.28. The Kier molecular flexibility index (Phi) is 4.77. The molecule has 2 amide bonds. The molecule has 1 unspecified atom stereocenters. The highest BCUT2D eigenvalue weighted by atomic mass is 16.4. The number of nitrogens with zero attached hydrogens (tertiary/aromatic N) is 2. The van der Waals surface area contributed by atoms with E-state index >= 15 is 0 Å². The highest BCUT2D eigenvalue weighted by Crippen LogP contribution is 2.23. The molecule has 0 saturated carbocycles. The topological polar surface area (TPSA) is 104 Å². The number of carboxylic acids is 1. The van der Waals surface area contributed by atoms with Crippen LogP contribution in [0.3, 0.4) is 0 Å². The molecule has 22 heavy (non-hydrogen) atoms. The first-order valence-corrected chi connectivity index (χ1v) is 7.00. The molecule has 2 rings (SSSR count). The molecule has 7 nitrogen and oxygen atoms in total. The van der Waals surface area contributed by atoms with E-state index in [2.05, 4.69) is 0 Å². The molecule has 0 aliphatic carbocycles. The maximum atomic E-state index is 12.1. The summed E-state index contributed by atoms with van der Waals surface area (Å²) >= 11 is 0. The Bertz CT molecular complexity index is 602. The van der Waals surface area contributed by atoms with Crippen LogP contribution in [-0.4, -0.2) is 47.9 Å². The van der Waals surface area contributed by atoms with E-state index in [-0.39, 0.29) is 31.3 Å². The number of carbonyl (C=O) groups is 3. The summed E-state index contributed by atoms with van der Waals surface area (Å²) in [6.45, 7) is 0.0529. The highest BCUT2D eigenvalue weighted by molar-refractivity contribution is 6.04. The van der Waals surface area contributed by atoms with E-state index < -0.39 is 12.0 Å². The molecule has 0 aromatic heterocycles. The smallest absolute Gasteiger partial charge is 0.303 e. The van der Waals surface area contributed by atoms with Gasteiger partial charge in [-0.3, -0.25) is 14.4 Å². The molecule has 7 heteroatoms. The lowest BCUT2D eigenvalue weighted by Gasteiger charge is -2.32. The summed E-state index contributed by atoms with van der Waals surface area (Å²) in [6, 6.07) is 6.60. The minimum Gasteiger partial charge on any atom is -0.481 e. The second-order valence-electron chi connectivity index (χ2n) is 5.36. The molecule has 1 atom stereocenters. The van der Waals surface area contributed by atoms with Crippen molar-refractivity contribution in [1.82, 2.24) is 4.90 Å². The number of hydrogen-bond acceptors (Lipinski definition) is 4.